The van der Waals surface area contributed by atoms with E-state index in [0.717, 1.165) is 24.3 Å². The first kappa shape index (κ1) is 13.9. The van der Waals surface area contributed by atoms with E-state index in [9.17, 15) is 14.7 Å². The lowest BCUT2D eigenvalue weighted by Crippen LogP contribution is -2.38. The van der Waals surface area contributed by atoms with Crippen molar-refractivity contribution in [3.8, 4) is 0 Å². The van der Waals surface area contributed by atoms with Crippen LogP contribution in [0.4, 0.5) is 0 Å². The molecule has 1 aromatic carbocycles. The number of thioether (sulfide) groups is 1. The van der Waals surface area contributed by atoms with E-state index in [1.807, 2.05) is 17.8 Å². The third kappa shape index (κ3) is 3.73. The predicted octanol–water partition coefficient (Wildman–Crippen LogP) is 2.07. The van der Waals surface area contributed by atoms with E-state index < -0.39 is 12.0 Å². The minimum absolute atomic E-state index is 0.0492. The van der Waals surface area contributed by atoms with Crippen LogP contribution in [0, 0.1) is 5.92 Å². The molecule has 0 saturated carbocycles. The summed E-state index contributed by atoms with van der Waals surface area (Å²) < 4.78 is 0. The van der Waals surface area contributed by atoms with Crippen molar-refractivity contribution in [3.05, 3.63) is 35.9 Å². The van der Waals surface area contributed by atoms with Gasteiger partial charge in [-0.05, 0) is 29.9 Å². The Morgan fingerprint density at radius 1 is 1.21 bits per heavy atom. The van der Waals surface area contributed by atoms with Gasteiger partial charge in [-0.2, -0.15) is 11.8 Å². The molecule has 19 heavy (non-hydrogen) atoms. The maximum atomic E-state index is 12.1. The molecule has 0 radical (unpaired) electrons. The van der Waals surface area contributed by atoms with Crippen LogP contribution in [0.3, 0.4) is 0 Å². The van der Waals surface area contributed by atoms with E-state index in [-0.39, 0.29) is 11.8 Å². The number of carbonyl (C=O) groups excluding carboxylic acids is 1. The first-order valence-corrected chi connectivity index (χ1v) is 7.50. The summed E-state index contributed by atoms with van der Waals surface area (Å²) in [4.78, 5) is 23.4. The number of carboxylic acids is 1. The molecule has 5 heteroatoms. The fraction of sp³-hybridized carbons (Fsp3) is 0.429. The molecule has 1 amide bonds. The van der Waals surface area contributed by atoms with Crippen molar-refractivity contribution in [1.82, 2.24) is 5.32 Å². The molecule has 102 valence electrons. The Balaban J connectivity index is 2.04. The monoisotopic (exact) mass is 279 g/mol. The Morgan fingerprint density at radius 2 is 1.84 bits per heavy atom. The van der Waals surface area contributed by atoms with Crippen LogP contribution in [0.1, 0.15) is 24.4 Å². The molecule has 1 atom stereocenters. The average molecular weight is 279 g/mol. The van der Waals surface area contributed by atoms with E-state index in [1.54, 1.807) is 24.3 Å². The SMILES string of the molecule is O=C(NC(C(=O)O)c1ccccc1)C1CCSCC1. The van der Waals surface area contributed by atoms with Crippen molar-refractivity contribution >= 4 is 23.6 Å². The van der Waals surface area contributed by atoms with Crippen LogP contribution < -0.4 is 5.32 Å². The van der Waals surface area contributed by atoms with Gasteiger partial charge in [-0.25, -0.2) is 4.79 Å². The molecule has 1 aliphatic heterocycles. The lowest BCUT2D eigenvalue weighted by atomic mass is 10.00. The number of carbonyl (C=O) groups is 2. The number of amides is 1. The van der Waals surface area contributed by atoms with Crippen LogP contribution in [0.2, 0.25) is 0 Å². The van der Waals surface area contributed by atoms with Gasteiger partial charge in [0.25, 0.3) is 0 Å². The molecule has 1 heterocycles. The topological polar surface area (TPSA) is 66.4 Å². The molecule has 1 aromatic rings. The zero-order chi connectivity index (χ0) is 13.7. The highest BCUT2D eigenvalue weighted by atomic mass is 32.2. The second-order valence-corrected chi connectivity index (χ2v) is 5.80. The van der Waals surface area contributed by atoms with Gasteiger partial charge in [0, 0.05) is 5.92 Å². The molecule has 0 spiro atoms. The Bertz CT molecular complexity index is 443. The van der Waals surface area contributed by atoms with Gasteiger partial charge in [-0.3, -0.25) is 4.79 Å². The highest BCUT2D eigenvalue weighted by molar-refractivity contribution is 7.99. The largest absolute Gasteiger partial charge is 0.479 e. The van der Waals surface area contributed by atoms with E-state index in [4.69, 9.17) is 0 Å². The minimum Gasteiger partial charge on any atom is -0.479 e. The van der Waals surface area contributed by atoms with Gasteiger partial charge in [0.1, 0.15) is 0 Å². The molecular weight excluding hydrogens is 262 g/mol. The Kier molecular flexibility index (Phi) is 4.85. The van der Waals surface area contributed by atoms with Crippen molar-refractivity contribution < 1.29 is 14.7 Å². The lowest BCUT2D eigenvalue weighted by Gasteiger charge is -2.23. The molecule has 2 N–H and O–H groups in total. The van der Waals surface area contributed by atoms with Gasteiger partial charge < -0.3 is 10.4 Å². The van der Waals surface area contributed by atoms with Crippen molar-refractivity contribution in [2.45, 2.75) is 18.9 Å². The number of hydrogen-bond donors (Lipinski definition) is 2. The summed E-state index contributed by atoms with van der Waals surface area (Å²) in [5.41, 5.74) is 0.605. The molecule has 0 aromatic heterocycles. The molecule has 1 saturated heterocycles. The number of nitrogens with one attached hydrogen (secondary N) is 1. The second-order valence-electron chi connectivity index (χ2n) is 4.58. The Hall–Kier alpha value is -1.49. The number of hydrogen-bond acceptors (Lipinski definition) is 3. The fourth-order valence-corrected chi connectivity index (χ4v) is 3.26. The van der Waals surface area contributed by atoms with Crippen LogP contribution in [0.25, 0.3) is 0 Å². The summed E-state index contributed by atoms with van der Waals surface area (Å²) in [6.07, 6.45) is 1.66. The fourth-order valence-electron chi connectivity index (χ4n) is 2.15. The van der Waals surface area contributed by atoms with Crippen molar-refractivity contribution in [2.24, 2.45) is 5.92 Å². The second kappa shape index (κ2) is 6.61. The summed E-state index contributed by atoms with van der Waals surface area (Å²) >= 11 is 1.84. The smallest absolute Gasteiger partial charge is 0.330 e. The van der Waals surface area contributed by atoms with Gasteiger partial charge >= 0.3 is 5.97 Å². The van der Waals surface area contributed by atoms with Gasteiger partial charge in [-0.1, -0.05) is 30.3 Å². The standard InChI is InChI=1S/C14H17NO3S/c16-13(11-6-8-19-9-7-11)15-12(14(17)18)10-4-2-1-3-5-10/h1-5,11-12H,6-9H2,(H,15,16)(H,17,18). The van der Waals surface area contributed by atoms with Crippen LogP contribution >= 0.6 is 11.8 Å². The van der Waals surface area contributed by atoms with E-state index in [0.29, 0.717) is 5.56 Å². The number of benzene rings is 1. The zero-order valence-corrected chi connectivity index (χ0v) is 11.4. The molecular formula is C14H17NO3S. The van der Waals surface area contributed by atoms with Crippen molar-refractivity contribution in [2.75, 3.05) is 11.5 Å². The highest BCUT2D eigenvalue weighted by Gasteiger charge is 2.27. The van der Waals surface area contributed by atoms with Crippen LogP contribution in [0.15, 0.2) is 30.3 Å². The first-order chi connectivity index (χ1) is 9.18. The van der Waals surface area contributed by atoms with Crippen molar-refractivity contribution in [1.29, 1.82) is 0 Å². The van der Waals surface area contributed by atoms with Crippen molar-refractivity contribution in [3.63, 3.8) is 0 Å². The first-order valence-electron chi connectivity index (χ1n) is 6.34. The third-order valence-electron chi connectivity index (χ3n) is 3.26. The summed E-state index contributed by atoms with van der Waals surface area (Å²) in [6.45, 7) is 0. The number of carboxylic acid groups (broad SMARTS) is 1. The Labute approximate surface area is 116 Å². The molecule has 1 unspecified atom stereocenters. The molecule has 4 nitrogen and oxygen atoms in total. The minimum atomic E-state index is -1.02. The molecule has 0 bridgehead atoms. The van der Waals surface area contributed by atoms with Gasteiger partial charge in [0.2, 0.25) is 5.91 Å². The predicted molar refractivity (Wildman–Crippen MR) is 75.0 cm³/mol. The van der Waals surface area contributed by atoms with E-state index in [2.05, 4.69) is 5.32 Å². The summed E-state index contributed by atoms with van der Waals surface area (Å²) in [5.74, 6) is 0.732. The van der Waals surface area contributed by atoms with Crippen LogP contribution in [-0.4, -0.2) is 28.5 Å². The Morgan fingerprint density at radius 3 is 2.42 bits per heavy atom. The highest BCUT2D eigenvalue weighted by Crippen LogP contribution is 2.24. The quantitative estimate of drug-likeness (QED) is 0.885. The van der Waals surface area contributed by atoms with E-state index in [1.165, 1.54) is 0 Å². The third-order valence-corrected chi connectivity index (χ3v) is 4.31. The molecule has 0 aliphatic carbocycles. The summed E-state index contributed by atoms with van der Waals surface area (Å²) in [6, 6.07) is 7.85. The molecule has 1 aliphatic rings. The van der Waals surface area contributed by atoms with Crippen LogP contribution in [-0.2, 0) is 9.59 Å². The van der Waals surface area contributed by atoms with Gasteiger partial charge in [0.15, 0.2) is 6.04 Å². The number of rotatable bonds is 4. The maximum absolute atomic E-state index is 12.1. The molecule has 1 fully saturated rings. The molecule has 2 rings (SSSR count). The number of aliphatic carboxylic acids is 1. The normalized spacial score (nSPS) is 17.7. The lowest BCUT2D eigenvalue weighted by molar-refractivity contribution is -0.142. The van der Waals surface area contributed by atoms with E-state index >= 15 is 0 Å². The zero-order valence-electron chi connectivity index (χ0n) is 10.5. The van der Waals surface area contributed by atoms with Gasteiger partial charge in [-0.15, -0.1) is 0 Å². The average Bonchev–Trinajstić information content (AvgIpc) is 2.46. The summed E-state index contributed by atoms with van der Waals surface area (Å²) in [5, 5.41) is 11.9. The van der Waals surface area contributed by atoms with Gasteiger partial charge in [0.05, 0.1) is 0 Å². The van der Waals surface area contributed by atoms with Crippen LogP contribution in [0.5, 0.6) is 0 Å². The maximum Gasteiger partial charge on any atom is 0.330 e. The summed E-state index contributed by atoms with van der Waals surface area (Å²) in [7, 11) is 0.